The van der Waals surface area contributed by atoms with Crippen molar-refractivity contribution in [2.24, 2.45) is 0 Å². The Hall–Kier alpha value is -3.88. The fourth-order valence-electron chi connectivity index (χ4n) is 3.58. The van der Waals surface area contributed by atoms with Crippen molar-refractivity contribution in [1.29, 1.82) is 0 Å². The van der Waals surface area contributed by atoms with Gasteiger partial charge in [-0.05, 0) is 25.0 Å². The number of carbonyl (C=O) groups excluding carboxylic acids is 3. The Kier molecular flexibility index (Phi) is 7.66. The average Bonchev–Trinajstić information content (AvgIpc) is 3.12. The monoisotopic (exact) mass is 454 g/mol. The Balaban J connectivity index is 1.63. The number of benzene rings is 2. The Morgan fingerprint density at radius 1 is 0.879 bits per heavy atom. The molecular weight excluding hydrogens is 428 g/mol. The molecule has 9 heteroatoms. The summed E-state index contributed by atoms with van der Waals surface area (Å²) in [5.74, 6) is -1.43. The molecule has 1 N–H and O–H groups in total. The van der Waals surface area contributed by atoms with Gasteiger partial charge in [0.05, 0.1) is 6.54 Å². The van der Waals surface area contributed by atoms with E-state index in [1.54, 1.807) is 13.8 Å². The number of imide groups is 2. The maximum Gasteiger partial charge on any atom is 0.419 e. The third-order valence-corrected chi connectivity index (χ3v) is 5.14. The maximum atomic E-state index is 12.8. The molecule has 4 amide bonds. The van der Waals surface area contributed by atoms with Crippen LogP contribution in [0.5, 0.6) is 0 Å². The number of aliphatic carboxylic acids is 1. The summed E-state index contributed by atoms with van der Waals surface area (Å²) in [6.07, 6.45) is -2.52. The van der Waals surface area contributed by atoms with Crippen molar-refractivity contribution in [3.05, 3.63) is 71.8 Å². The minimum absolute atomic E-state index is 0.384. The first-order chi connectivity index (χ1) is 15.8. The molecule has 0 radical (unpaired) electrons. The number of hydrogen-bond donors (Lipinski definition) is 1. The van der Waals surface area contributed by atoms with Crippen LogP contribution >= 0.6 is 0 Å². The predicted molar refractivity (Wildman–Crippen MR) is 118 cm³/mol. The van der Waals surface area contributed by atoms with Crippen molar-refractivity contribution in [1.82, 2.24) is 9.80 Å². The van der Waals surface area contributed by atoms with E-state index in [-0.39, 0.29) is 0 Å². The minimum atomic E-state index is -1.56. The van der Waals surface area contributed by atoms with Gasteiger partial charge in [0.25, 0.3) is 0 Å². The van der Waals surface area contributed by atoms with E-state index in [1.165, 1.54) is 0 Å². The lowest BCUT2D eigenvalue weighted by atomic mass is 10.1. The first-order valence-corrected chi connectivity index (χ1v) is 10.6. The quantitative estimate of drug-likeness (QED) is 0.678. The van der Waals surface area contributed by atoms with Crippen molar-refractivity contribution < 1.29 is 33.8 Å². The molecule has 0 saturated carbocycles. The number of urea groups is 1. The van der Waals surface area contributed by atoms with Gasteiger partial charge in [-0.15, -0.1) is 0 Å². The van der Waals surface area contributed by atoms with E-state index in [0.29, 0.717) is 22.6 Å². The third kappa shape index (κ3) is 6.09. The summed E-state index contributed by atoms with van der Waals surface area (Å²) >= 11 is 0. The van der Waals surface area contributed by atoms with Gasteiger partial charge in [0.2, 0.25) is 0 Å². The second-order valence-corrected chi connectivity index (χ2v) is 7.89. The van der Waals surface area contributed by atoms with Gasteiger partial charge in [-0.2, -0.15) is 0 Å². The van der Waals surface area contributed by atoms with Crippen molar-refractivity contribution >= 4 is 24.2 Å². The van der Waals surface area contributed by atoms with Crippen LogP contribution < -0.4 is 0 Å². The zero-order valence-electron chi connectivity index (χ0n) is 18.4. The van der Waals surface area contributed by atoms with Crippen LogP contribution in [0.15, 0.2) is 60.7 Å². The van der Waals surface area contributed by atoms with Crippen LogP contribution in [0, 0.1) is 0 Å². The SMILES string of the molecule is C[C@@H](Cc1ccccc1)OC(=O)N1C[C@@H](C(=O)O)N(C(=O)O[C@@H](C)Cc2ccccc2)C1=O. The lowest BCUT2D eigenvalue weighted by Crippen LogP contribution is -2.45. The average molecular weight is 454 g/mol. The summed E-state index contributed by atoms with van der Waals surface area (Å²) in [5, 5.41) is 9.52. The van der Waals surface area contributed by atoms with E-state index >= 15 is 0 Å². The number of carboxylic acids is 1. The second-order valence-electron chi connectivity index (χ2n) is 7.89. The van der Waals surface area contributed by atoms with Crippen LogP contribution in [-0.4, -0.2) is 63.9 Å². The molecule has 0 spiro atoms. The van der Waals surface area contributed by atoms with Gasteiger partial charge in [-0.3, -0.25) is 0 Å². The van der Waals surface area contributed by atoms with E-state index in [4.69, 9.17) is 9.47 Å². The smallest absolute Gasteiger partial charge is 0.419 e. The summed E-state index contributed by atoms with van der Waals surface area (Å²) in [7, 11) is 0. The Morgan fingerprint density at radius 3 is 1.79 bits per heavy atom. The fraction of sp³-hybridized carbons (Fsp3) is 0.333. The molecule has 2 aromatic carbocycles. The number of ether oxygens (including phenoxy) is 2. The lowest BCUT2D eigenvalue weighted by Gasteiger charge is -2.21. The largest absolute Gasteiger partial charge is 0.480 e. The molecule has 0 unspecified atom stereocenters. The summed E-state index contributed by atoms with van der Waals surface area (Å²) < 4.78 is 10.6. The molecule has 1 saturated heterocycles. The van der Waals surface area contributed by atoms with Crippen LogP contribution in [0.25, 0.3) is 0 Å². The van der Waals surface area contributed by atoms with Crippen molar-refractivity contribution in [2.45, 2.75) is 44.9 Å². The molecule has 1 heterocycles. The summed E-state index contributed by atoms with van der Waals surface area (Å²) in [5.41, 5.74) is 1.85. The van der Waals surface area contributed by atoms with E-state index in [0.717, 1.165) is 11.1 Å². The fourth-order valence-corrected chi connectivity index (χ4v) is 3.58. The van der Waals surface area contributed by atoms with E-state index in [2.05, 4.69) is 0 Å². The molecule has 1 fully saturated rings. The van der Waals surface area contributed by atoms with Gasteiger partial charge >= 0.3 is 24.2 Å². The second kappa shape index (κ2) is 10.6. The van der Waals surface area contributed by atoms with Gasteiger partial charge in [0.15, 0.2) is 6.04 Å². The number of nitrogens with zero attached hydrogens (tertiary/aromatic N) is 2. The van der Waals surface area contributed by atoms with Crippen LogP contribution in [0.4, 0.5) is 14.4 Å². The Labute approximate surface area is 191 Å². The molecule has 3 atom stereocenters. The topological polar surface area (TPSA) is 113 Å². The zero-order valence-corrected chi connectivity index (χ0v) is 18.4. The number of amides is 4. The maximum absolute atomic E-state index is 12.8. The van der Waals surface area contributed by atoms with Crippen LogP contribution in [0.3, 0.4) is 0 Å². The standard InChI is InChI=1S/C24H26N2O7/c1-16(13-18-9-5-3-6-10-18)32-23(30)25-15-20(21(27)28)26(22(25)29)24(31)33-17(2)14-19-11-7-4-8-12-19/h3-12,16-17,20H,13-15H2,1-2H3,(H,27,28)/t16-,17-,20-/m0/s1. The van der Waals surface area contributed by atoms with Crippen LogP contribution in [-0.2, 0) is 27.1 Å². The first kappa shape index (κ1) is 23.8. The third-order valence-electron chi connectivity index (χ3n) is 5.14. The van der Waals surface area contributed by atoms with Crippen molar-refractivity contribution in [2.75, 3.05) is 6.54 Å². The molecule has 3 rings (SSSR count). The first-order valence-electron chi connectivity index (χ1n) is 10.6. The normalized spacial score (nSPS) is 17.4. The summed E-state index contributed by atoms with van der Waals surface area (Å²) in [4.78, 5) is 50.7. The van der Waals surface area contributed by atoms with Gasteiger partial charge in [-0.1, -0.05) is 60.7 Å². The van der Waals surface area contributed by atoms with Gasteiger partial charge in [-0.25, -0.2) is 29.0 Å². The molecule has 0 aromatic heterocycles. The highest BCUT2D eigenvalue weighted by molar-refractivity contribution is 6.04. The Bertz CT molecular complexity index is 996. The molecule has 1 aliphatic rings. The van der Waals surface area contributed by atoms with E-state index in [1.807, 2.05) is 60.7 Å². The highest BCUT2D eigenvalue weighted by Crippen LogP contribution is 2.21. The lowest BCUT2D eigenvalue weighted by molar-refractivity contribution is -0.141. The predicted octanol–water partition coefficient (Wildman–Crippen LogP) is 3.71. The molecule has 0 bridgehead atoms. The molecule has 9 nitrogen and oxygen atoms in total. The molecule has 33 heavy (non-hydrogen) atoms. The van der Waals surface area contributed by atoms with Gasteiger partial charge in [0.1, 0.15) is 12.2 Å². The number of carboxylic acid groups (broad SMARTS) is 1. The number of hydrogen-bond acceptors (Lipinski definition) is 6. The van der Waals surface area contributed by atoms with Gasteiger partial charge < -0.3 is 14.6 Å². The summed E-state index contributed by atoms with van der Waals surface area (Å²) in [6.45, 7) is 2.78. The van der Waals surface area contributed by atoms with Gasteiger partial charge in [0, 0.05) is 12.8 Å². The summed E-state index contributed by atoms with van der Waals surface area (Å²) in [6, 6.07) is 15.9. The molecule has 1 aliphatic heterocycles. The van der Waals surface area contributed by atoms with E-state index in [9.17, 15) is 24.3 Å². The minimum Gasteiger partial charge on any atom is -0.480 e. The van der Waals surface area contributed by atoms with Crippen molar-refractivity contribution in [3.63, 3.8) is 0 Å². The number of rotatable bonds is 7. The van der Waals surface area contributed by atoms with Crippen molar-refractivity contribution in [3.8, 4) is 0 Å². The number of carbonyl (C=O) groups is 4. The zero-order chi connectivity index (χ0) is 24.0. The highest BCUT2D eigenvalue weighted by Gasteiger charge is 2.49. The molecule has 0 aliphatic carbocycles. The molecule has 2 aromatic rings. The van der Waals surface area contributed by atoms with E-state index < -0.39 is 49.0 Å². The van der Waals surface area contributed by atoms with Crippen LogP contribution in [0.2, 0.25) is 0 Å². The molecule has 174 valence electrons. The van der Waals surface area contributed by atoms with Crippen LogP contribution in [0.1, 0.15) is 25.0 Å². The molecular formula is C24H26N2O7. The Morgan fingerprint density at radius 2 is 1.33 bits per heavy atom. The highest BCUT2D eigenvalue weighted by atomic mass is 16.6.